The van der Waals surface area contributed by atoms with Crippen molar-refractivity contribution in [3.05, 3.63) is 27.3 Å². The normalized spacial score (nSPS) is 11.0. The number of hydrogen-bond donors (Lipinski definition) is 1. The zero-order valence-corrected chi connectivity index (χ0v) is 10.2. The minimum Gasteiger partial charge on any atom is -0.340 e. The maximum atomic E-state index is 13.2. The first kappa shape index (κ1) is 9.39. The lowest BCUT2D eigenvalue weighted by Gasteiger charge is -1.92. The fourth-order valence-corrected chi connectivity index (χ4v) is 1.98. The van der Waals surface area contributed by atoms with E-state index >= 15 is 0 Å². The summed E-state index contributed by atoms with van der Waals surface area (Å²) in [6.07, 6.45) is 0. The lowest BCUT2D eigenvalue weighted by molar-refractivity contribution is 0.637. The van der Waals surface area contributed by atoms with Gasteiger partial charge in [0, 0.05) is 3.57 Å². The number of imidazole rings is 1. The molecule has 0 aliphatic rings. The largest absolute Gasteiger partial charge is 0.340 e. The highest BCUT2D eigenvalue weighted by molar-refractivity contribution is 14.1. The third kappa shape index (κ3) is 1.59. The van der Waals surface area contributed by atoms with E-state index in [0.717, 1.165) is 14.9 Å². The van der Waals surface area contributed by atoms with Gasteiger partial charge in [-0.05, 0) is 34.7 Å². The monoisotopic (exact) mass is 354 g/mol. The maximum absolute atomic E-state index is 13.2. The van der Waals surface area contributed by atoms with E-state index in [1.165, 1.54) is 6.07 Å². The molecule has 0 fully saturated rings. The molecule has 0 saturated heterocycles. The molecule has 0 unspecified atom stereocenters. The van der Waals surface area contributed by atoms with E-state index in [4.69, 9.17) is 0 Å². The lowest BCUT2D eigenvalue weighted by Crippen LogP contribution is -1.80. The van der Waals surface area contributed by atoms with E-state index in [1.54, 1.807) is 6.07 Å². The molecular formula is C8H5BrFIN2. The molecule has 1 aromatic heterocycles. The van der Waals surface area contributed by atoms with E-state index in [1.807, 2.05) is 0 Å². The van der Waals surface area contributed by atoms with Crippen molar-refractivity contribution in [2.75, 3.05) is 0 Å². The Hall–Kier alpha value is -0.170. The summed E-state index contributed by atoms with van der Waals surface area (Å²) in [5, 5.41) is 0.608. The molecule has 0 aliphatic heterocycles. The van der Waals surface area contributed by atoms with Crippen molar-refractivity contribution in [3.63, 3.8) is 0 Å². The number of H-pyrrole nitrogens is 1. The predicted molar refractivity (Wildman–Crippen MR) is 61.4 cm³/mol. The molecule has 2 nitrogen and oxygen atoms in total. The van der Waals surface area contributed by atoms with Crippen molar-refractivity contribution in [1.29, 1.82) is 0 Å². The van der Waals surface area contributed by atoms with Gasteiger partial charge in [-0.3, -0.25) is 0 Å². The first-order chi connectivity index (χ1) is 6.22. The average Bonchev–Trinajstić information content (AvgIpc) is 2.56. The van der Waals surface area contributed by atoms with Crippen LogP contribution in [-0.4, -0.2) is 9.97 Å². The second-order valence-corrected chi connectivity index (χ2v) is 4.29. The summed E-state index contributed by atoms with van der Waals surface area (Å²) in [6, 6.07) is 3.16. The Kier molecular flexibility index (Phi) is 2.55. The molecule has 0 spiro atoms. The van der Waals surface area contributed by atoms with Crippen LogP contribution in [0.3, 0.4) is 0 Å². The number of fused-ring (bicyclic) bond motifs is 1. The van der Waals surface area contributed by atoms with Gasteiger partial charge in [-0.25, -0.2) is 9.37 Å². The molecule has 0 amide bonds. The highest BCUT2D eigenvalue weighted by Gasteiger charge is 2.08. The molecular weight excluding hydrogens is 350 g/mol. The van der Waals surface area contributed by atoms with Crippen molar-refractivity contribution in [2.45, 2.75) is 5.33 Å². The number of alkyl halides is 1. The van der Waals surface area contributed by atoms with Gasteiger partial charge in [0.05, 0.1) is 10.8 Å². The van der Waals surface area contributed by atoms with Gasteiger partial charge in [0.15, 0.2) is 5.82 Å². The highest BCUT2D eigenvalue weighted by Crippen LogP contribution is 2.21. The summed E-state index contributed by atoms with van der Waals surface area (Å²) in [7, 11) is 0. The SMILES string of the molecule is Fc1ccc(I)c2[nH]c(CBr)nc12. The van der Waals surface area contributed by atoms with Gasteiger partial charge in [0.2, 0.25) is 0 Å². The molecule has 2 aromatic rings. The van der Waals surface area contributed by atoms with Crippen LogP contribution in [0.2, 0.25) is 0 Å². The Morgan fingerprint density at radius 1 is 1.54 bits per heavy atom. The van der Waals surface area contributed by atoms with Crippen molar-refractivity contribution in [1.82, 2.24) is 9.97 Å². The summed E-state index contributed by atoms with van der Waals surface area (Å²) in [5.41, 5.74) is 1.19. The quantitative estimate of drug-likeness (QED) is 0.618. The summed E-state index contributed by atoms with van der Waals surface area (Å²) in [5.74, 6) is 0.469. The number of benzene rings is 1. The molecule has 0 radical (unpaired) electrons. The molecule has 2 rings (SSSR count). The number of aromatic nitrogens is 2. The summed E-state index contributed by atoms with van der Waals surface area (Å²) >= 11 is 5.42. The van der Waals surface area contributed by atoms with Gasteiger partial charge in [0.25, 0.3) is 0 Å². The van der Waals surface area contributed by atoms with Crippen LogP contribution in [-0.2, 0) is 5.33 Å². The standard InChI is InChI=1S/C8H5BrFIN2/c9-3-6-12-7-4(10)1-2-5(11)8(7)13-6/h1-2H,3H2,(H,12,13). The number of rotatable bonds is 1. The number of aromatic amines is 1. The van der Waals surface area contributed by atoms with Crippen LogP contribution in [0.15, 0.2) is 12.1 Å². The van der Waals surface area contributed by atoms with Crippen LogP contribution in [0.4, 0.5) is 4.39 Å². The van der Waals surface area contributed by atoms with Crippen molar-refractivity contribution < 1.29 is 4.39 Å². The smallest absolute Gasteiger partial charge is 0.151 e. The van der Waals surface area contributed by atoms with Gasteiger partial charge in [-0.2, -0.15) is 0 Å². The fourth-order valence-electron chi connectivity index (χ4n) is 1.14. The predicted octanol–water partition coefficient (Wildman–Crippen LogP) is 3.20. The number of nitrogens with one attached hydrogen (secondary N) is 1. The second-order valence-electron chi connectivity index (χ2n) is 2.57. The lowest BCUT2D eigenvalue weighted by atomic mass is 10.3. The van der Waals surface area contributed by atoms with Crippen LogP contribution >= 0.6 is 38.5 Å². The van der Waals surface area contributed by atoms with Gasteiger partial charge in [-0.1, -0.05) is 15.9 Å². The molecule has 1 heterocycles. The van der Waals surface area contributed by atoms with Crippen LogP contribution in [0.5, 0.6) is 0 Å². The van der Waals surface area contributed by atoms with Crippen LogP contribution in [0.25, 0.3) is 11.0 Å². The minimum atomic E-state index is -0.279. The van der Waals surface area contributed by atoms with E-state index in [0.29, 0.717) is 10.8 Å². The third-order valence-corrected chi connectivity index (χ3v) is 3.15. The molecule has 68 valence electrons. The molecule has 0 atom stereocenters. The fraction of sp³-hybridized carbons (Fsp3) is 0.125. The second kappa shape index (κ2) is 3.53. The number of nitrogens with zero attached hydrogens (tertiary/aromatic N) is 1. The Morgan fingerprint density at radius 2 is 2.31 bits per heavy atom. The number of hydrogen-bond acceptors (Lipinski definition) is 1. The van der Waals surface area contributed by atoms with Crippen molar-refractivity contribution >= 4 is 49.6 Å². The van der Waals surface area contributed by atoms with Crippen LogP contribution in [0.1, 0.15) is 5.82 Å². The first-order valence-corrected chi connectivity index (χ1v) is 5.81. The molecule has 13 heavy (non-hydrogen) atoms. The van der Waals surface area contributed by atoms with Gasteiger partial charge in [-0.15, -0.1) is 0 Å². The Balaban J connectivity index is 2.80. The van der Waals surface area contributed by atoms with Crippen LogP contribution in [0, 0.1) is 9.39 Å². The maximum Gasteiger partial charge on any atom is 0.151 e. The van der Waals surface area contributed by atoms with Gasteiger partial charge < -0.3 is 4.98 Å². The molecule has 5 heteroatoms. The summed E-state index contributed by atoms with van der Waals surface area (Å²) < 4.78 is 14.2. The molecule has 0 bridgehead atoms. The Labute approximate surface area is 96.2 Å². The highest BCUT2D eigenvalue weighted by atomic mass is 127. The van der Waals surface area contributed by atoms with Gasteiger partial charge in [0.1, 0.15) is 11.3 Å². The van der Waals surface area contributed by atoms with Crippen molar-refractivity contribution in [2.24, 2.45) is 0 Å². The summed E-state index contributed by atoms with van der Waals surface area (Å²) in [4.78, 5) is 7.16. The molecule has 0 saturated carbocycles. The van der Waals surface area contributed by atoms with E-state index < -0.39 is 0 Å². The molecule has 1 N–H and O–H groups in total. The minimum absolute atomic E-state index is 0.279. The van der Waals surface area contributed by atoms with E-state index in [9.17, 15) is 4.39 Å². The third-order valence-electron chi connectivity index (χ3n) is 1.72. The number of halogens is 3. The first-order valence-electron chi connectivity index (χ1n) is 3.61. The van der Waals surface area contributed by atoms with Crippen LogP contribution < -0.4 is 0 Å². The topological polar surface area (TPSA) is 28.7 Å². The average molecular weight is 355 g/mol. The Morgan fingerprint density at radius 3 is 2.92 bits per heavy atom. The summed E-state index contributed by atoms with van der Waals surface area (Å²) in [6.45, 7) is 0. The Bertz CT molecular complexity index is 416. The van der Waals surface area contributed by atoms with E-state index in [2.05, 4.69) is 48.5 Å². The zero-order valence-electron chi connectivity index (χ0n) is 6.44. The van der Waals surface area contributed by atoms with E-state index in [-0.39, 0.29) is 5.82 Å². The zero-order chi connectivity index (χ0) is 9.42. The van der Waals surface area contributed by atoms with Crippen molar-refractivity contribution in [3.8, 4) is 0 Å². The van der Waals surface area contributed by atoms with Gasteiger partial charge >= 0.3 is 0 Å². The molecule has 0 aliphatic carbocycles. The molecule has 1 aromatic carbocycles.